The minimum Gasteiger partial charge on any atom is -0.493 e. The normalized spacial score (nSPS) is 15.1. The summed E-state index contributed by atoms with van der Waals surface area (Å²) in [7, 11) is 1.65. The Bertz CT molecular complexity index is 860. The molecule has 0 amide bonds. The highest BCUT2D eigenvalue weighted by molar-refractivity contribution is 6.42. The number of nitrogen functional groups attached to an aromatic ring is 1. The first kappa shape index (κ1) is 19.6. The molecule has 142 valence electrons. The predicted octanol–water partition coefficient (Wildman–Crippen LogP) is 6.32. The topological polar surface area (TPSA) is 56.8 Å². The number of nitrogens with two attached hydrogens (primary N) is 1. The number of hydrogen-bond acceptors (Lipinski definition) is 4. The summed E-state index contributed by atoms with van der Waals surface area (Å²) in [6.07, 6.45) is 10.3. The summed E-state index contributed by atoms with van der Waals surface area (Å²) in [5.41, 5.74) is 7.90. The molecule has 0 bridgehead atoms. The molecular weight excluding hydrogens is 383 g/mol. The number of rotatable bonds is 6. The first-order valence-electron chi connectivity index (χ1n) is 8.87. The van der Waals surface area contributed by atoms with Crippen molar-refractivity contribution < 1.29 is 9.47 Å². The van der Waals surface area contributed by atoms with Crippen LogP contribution in [-0.4, -0.2) is 19.4 Å². The maximum atomic E-state index is 6.22. The number of halogens is 2. The third-order valence-corrected chi connectivity index (χ3v) is 5.18. The molecule has 27 heavy (non-hydrogen) atoms. The van der Waals surface area contributed by atoms with Gasteiger partial charge in [-0.3, -0.25) is 4.99 Å². The lowest BCUT2D eigenvalue weighted by atomic mass is 10.1. The zero-order valence-corrected chi connectivity index (χ0v) is 16.6. The van der Waals surface area contributed by atoms with E-state index < -0.39 is 0 Å². The lowest BCUT2D eigenvalue weighted by molar-refractivity contribution is 0.200. The van der Waals surface area contributed by atoms with Gasteiger partial charge in [-0.1, -0.05) is 35.3 Å². The number of methoxy groups -OCH3 is 1. The van der Waals surface area contributed by atoms with Gasteiger partial charge < -0.3 is 15.2 Å². The van der Waals surface area contributed by atoms with Gasteiger partial charge in [-0.05, 0) is 56.0 Å². The molecule has 4 nitrogen and oxygen atoms in total. The van der Waals surface area contributed by atoms with Crippen LogP contribution >= 0.6 is 23.2 Å². The molecule has 2 N–H and O–H groups in total. The second-order valence-corrected chi connectivity index (χ2v) is 7.18. The van der Waals surface area contributed by atoms with E-state index in [9.17, 15) is 0 Å². The molecule has 0 spiro atoms. The molecule has 2 aromatic carbocycles. The van der Waals surface area contributed by atoms with Crippen molar-refractivity contribution in [1.29, 1.82) is 0 Å². The van der Waals surface area contributed by atoms with Gasteiger partial charge in [0.25, 0.3) is 0 Å². The van der Waals surface area contributed by atoms with Gasteiger partial charge in [0.05, 0.1) is 34.6 Å². The summed E-state index contributed by atoms with van der Waals surface area (Å²) < 4.78 is 11.7. The van der Waals surface area contributed by atoms with Crippen molar-refractivity contribution in [3.63, 3.8) is 0 Å². The number of aliphatic imine (C=N–C) groups is 1. The molecule has 0 saturated heterocycles. The third kappa shape index (κ3) is 4.96. The molecule has 1 saturated carbocycles. The Morgan fingerprint density at radius 3 is 2.63 bits per heavy atom. The number of para-hydroxylation sites is 1. The fraction of sp³-hybridized carbons (Fsp3) is 0.286. The second-order valence-electron chi connectivity index (χ2n) is 6.37. The predicted molar refractivity (Wildman–Crippen MR) is 114 cm³/mol. The standard InChI is InChI=1S/C21H22Cl2N2O2/c1-26-20-10-4-6-14(21(20)27-15-8-2-3-9-15)7-5-11-25-19-13-17(23)16(22)12-18(19)24/h4-7,10-13,15H,2-3,8-9,24H2,1H3/b7-5+,25-11?. The van der Waals surface area contributed by atoms with Crippen molar-refractivity contribution in [2.24, 2.45) is 4.99 Å². The Kier molecular flexibility index (Phi) is 6.64. The number of allylic oxidation sites excluding steroid dienone is 1. The van der Waals surface area contributed by atoms with Gasteiger partial charge in [-0.25, -0.2) is 0 Å². The highest BCUT2D eigenvalue weighted by Gasteiger charge is 2.19. The Morgan fingerprint density at radius 2 is 1.89 bits per heavy atom. The molecule has 0 aliphatic heterocycles. The summed E-state index contributed by atoms with van der Waals surface area (Å²) >= 11 is 12.0. The monoisotopic (exact) mass is 404 g/mol. The first-order chi connectivity index (χ1) is 13.1. The molecular formula is C21H22Cl2N2O2. The van der Waals surface area contributed by atoms with Crippen molar-refractivity contribution in [2.75, 3.05) is 12.8 Å². The molecule has 0 heterocycles. The van der Waals surface area contributed by atoms with Crippen molar-refractivity contribution in [3.05, 3.63) is 52.0 Å². The molecule has 1 fully saturated rings. The maximum absolute atomic E-state index is 6.22. The van der Waals surface area contributed by atoms with Crippen LogP contribution in [0.25, 0.3) is 6.08 Å². The highest BCUT2D eigenvalue weighted by Crippen LogP contribution is 2.36. The quantitative estimate of drug-likeness (QED) is 0.452. The van der Waals surface area contributed by atoms with Crippen molar-refractivity contribution in [3.8, 4) is 11.5 Å². The van der Waals surface area contributed by atoms with Crippen LogP contribution in [0, 0.1) is 0 Å². The number of hydrogen-bond donors (Lipinski definition) is 1. The number of benzene rings is 2. The number of anilines is 1. The van der Waals surface area contributed by atoms with E-state index in [1.165, 1.54) is 12.8 Å². The van der Waals surface area contributed by atoms with Gasteiger partial charge in [-0.2, -0.15) is 0 Å². The largest absolute Gasteiger partial charge is 0.493 e. The zero-order valence-electron chi connectivity index (χ0n) is 15.1. The fourth-order valence-corrected chi connectivity index (χ4v) is 3.39. The summed E-state index contributed by atoms with van der Waals surface area (Å²) in [4.78, 5) is 4.35. The molecule has 0 radical (unpaired) electrons. The summed E-state index contributed by atoms with van der Waals surface area (Å²) in [6, 6.07) is 9.07. The van der Waals surface area contributed by atoms with Crippen LogP contribution < -0.4 is 15.2 Å². The summed E-state index contributed by atoms with van der Waals surface area (Å²) in [5, 5.41) is 0.829. The van der Waals surface area contributed by atoms with Crippen molar-refractivity contribution in [1.82, 2.24) is 0 Å². The fourth-order valence-electron chi connectivity index (χ4n) is 3.06. The van der Waals surface area contributed by atoms with Crippen LogP contribution in [0.3, 0.4) is 0 Å². The van der Waals surface area contributed by atoms with Gasteiger partial charge in [0.1, 0.15) is 0 Å². The van der Waals surface area contributed by atoms with Crippen LogP contribution in [0.2, 0.25) is 10.0 Å². The Morgan fingerprint density at radius 1 is 1.15 bits per heavy atom. The maximum Gasteiger partial charge on any atom is 0.168 e. The molecule has 3 rings (SSSR count). The molecule has 0 aromatic heterocycles. The van der Waals surface area contributed by atoms with Gasteiger partial charge in [0.2, 0.25) is 0 Å². The second kappa shape index (κ2) is 9.16. The van der Waals surface area contributed by atoms with E-state index in [2.05, 4.69) is 4.99 Å². The summed E-state index contributed by atoms with van der Waals surface area (Å²) in [5.74, 6) is 1.50. The number of nitrogens with zero attached hydrogens (tertiary/aromatic N) is 1. The average Bonchev–Trinajstić information content (AvgIpc) is 3.17. The van der Waals surface area contributed by atoms with E-state index in [0.29, 0.717) is 21.4 Å². The van der Waals surface area contributed by atoms with Gasteiger partial charge >= 0.3 is 0 Å². The molecule has 1 aliphatic carbocycles. The Hall–Kier alpha value is -2.17. The van der Waals surface area contributed by atoms with Gasteiger partial charge in [-0.15, -0.1) is 0 Å². The smallest absolute Gasteiger partial charge is 0.168 e. The highest BCUT2D eigenvalue weighted by atomic mass is 35.5. The Labute approximate surface area is 169 Å². The van der Waals surface area contributed by atoms with Gasteiger partial charge in [0, 0.05) is 11.8 Å². The lowest BCUT2D eigenvalue weighted by Gasteiger charge is -2.17. The Balaban J connectivity index is 1.79. The minimum absolute atomic E-state index is 0.248. The average molecular weight is 405 g/mol. The molecule has 0 unspecified atom stereocenters. The van der Waals surface area contributed by atoms with Crippen LogP contribution in [0.1, 0.15) is 31.2 Å². The van der Waals surface area contributed by atoms with E-state index in [4.69, 9.17) is 38.4 Å². The molecule has 2 aromatic rings. The minimum atomic E-state index is 0.248. The lowest BCUT2D eigenvalue weighted by Crippen LogP contribution is -2.12. The summed E-state index contributed by atoms with van der Waals surface area (Å²) in [6.45, 7) is 0. The first-order valence-corrected chi connectivity index (χ1v) is 9.63. The van der Waals surface area contributed by atoms with E-state index in [-0.39, 0.29) is 6.10 Å². The van der Waals surface area contributed by atoms with E-state index >= 15 is 0 Å². The molecule has 6 heteroatoms. The van der Waals surface area contributed by atoms with Crippen molar-refractivity contribution >= 4 is 46.9 Å². The SMILES string of the molecule is COc1cccc(/C=C/C=Nc2cc(Cl)c(Cl)cc2N)c1OC1CCCC1. The van der Waals surface area contributed by atoms with Crippen LogP contribution in [0.15, 0.2) is 41.4 Å². The molecule has 1 aliphatic rings. The third-order valence-electron chi connectivity index (χ3n) is 4.46. The van der Waals surface area contributed by atoms with Crippen LogP contribution in [0.4, 0.5) is 11.4 Å². The van der Waals surface area contributed by atoms with E-state index in [1.54, 1.807) is 25.5 Å². The number of ether oxygens (including phenoxy) is 2. The van der Waals surface area contributed by atoms with Crippen LogP contribution in [-0.2, 0) is 0 Å². The van der Waals surface area contributed by atoms with E-state index in [0.717, 1.165) is 29.9 Å². The van der Waals surface area contributed by atoms with Gasteiger partial charge in [0.15, 0.2) is 11.5 Å². The van der Waals surface area contributed by atoms with Crippen molar-refractivity contribution in [2.45, 2.75) is 31.8 Å². The molecule has 0 atom stereocenters. The van der Waals surface area contributed by atoms with E-state index in [1.807, 2.05) is 30.4 Å². The zero-order chi connectivity index (χ0) is 19.2. The van der Waals surface area contributed by atoms with Crippen LogP contribution in [0.5, 0.6) is 11.5 Å².